The van der Waals surface area contributed by atoms with E-state index in [1.807, 2.05) is 75.1 Å². The maximum atomic E-state index is 14.2. The van der Waals surface area contributed by atoms with Gasteiger partial charge in [0.1, 0.15) is 11.5 Å². The number of hydrogen-bond donors (Lipinski definition) is 4. The highest BCUT2D eigenvalue weighted by Crippen LogP contribution is 2.38. The van der Waals surface area contributed by atoms with Crippen LogP contribution in [0.25, 0.3) is 0 Å². The highest BCUT2D eigenvalue weighted by Gasteiger charge is 2.41. The number of nitrogens with zero attached hydrogens (tertiary/aromatic N) is 8. The first kappa shape index (κ1) is 82.9. The number of halogens is 2. The summed E-state index contributed by atoms with van der Waals surface area (Å²) in [5.74, 6) is 1.51. The number of esters is 2. The summed E-state index contributed by atoms with van der Waals surface area (Å²) in [6, 6.07) is 22.3. The summed E-state index contributed by atoms with van der Waals surface area (Å²) in [7, 11) is 0. The lowest BCUT2D eigenvalue weighted by molar-refractivity contribution is -0.145. The first-order valence-electron chi connectivity index (χ1n) is 40.7. The van der Waals surface area contributed by atoms with E-state index >= 15 is 0 Å². The molecule has 8 heterocycles. The van der Waals surface area contributed by atoms with Crippen molar-refractivity contribution >= 4 is 82.6 Å². The van der Waals surface area contributed by atoms with Crippen LogP contribution < -0.4 is 10.6 Å². The van der Waals surface area contributed by atoms with E-state index in [9.17, 15) is 48.6 Å². The fourth-order valence-corrected chi connectivity index (χ4v) is 18.2. The third-order valence-electron chi connectivity index (χ3n) is 24.2. The van der Waals surface area contributed by atoms with Crippen LogP contribution >= 0.6 is 23.2 Å². The number of phenols is 2. The molecule has 12 rings (SSSR count). The van der Waals surface area contributed by atoms with E-state index < -0.39 is 24.4 Å². The lowest BCUT2D eigenvalue weighted by atomic mass is 9.78. The number of anilines is 2. The first-order valence-corrected chi connectivity index (χ1v) is 41.5. The molecule has 8 amide bonds. The molecular formula is C84H116Cl2N10O14. The number of nitrogens with one attached hydrogen (secondary N) is 2. The maximum absolute atomic E-state index is 14.2. The van der Waals surface area contributed by atoms with Crippen molar-refractivity contribution in [2.45, 2.75) is 193 Å². The third-order valence-corrected chi connectivity index (χ3v) is 24.8. The van der Waals surface area contributed by atoms with Gasteiger partial charge in [-0.3, -0.25) is 19.2 Å². The highest BCUT2D eigenvalue weighted by atomic mass is 35.5. The highest BCUT2D eigenvalue weighted by molar-refractivity contribution is 6.32. The summed E-state index contributed by atoms with van der Waals surface area (Å²) in [6.07, 6.45) is 14.2. The summed E-state index contributed by atoms with van der Waals surface area (Å²) in [5.41, 5.74) is 6.48. The van der Waals surface area contributed by atoms with Crippen molar-refractivity contribution in [3.8, 4) is 11.5 Å². The average Bonchev–Trinajstić information content (AvgIpc) is 1.29. The molecule has 2 atom stereocenters. The summed E-state index contributed by atoms with van der Waals surface area (Å²) < 4.78 is 22.6. The van der Waals surface area contributed by atoms with Crippen LogP contribution in [0.15, 0.2) is 72.8 Å². The Hall–Kier alpha value is -8.06. The van der Waals surface area contributed by atoms with Crippen LogP contribution in [-0.2, 0) is 63.8 Å². The Morgan fingerprint density at radius 1 is 0.473 bits per heavy atom. The number of benzene rings is 4. The number of hydrogen-bond acceptors (Lipinski definition) is 16. The molecule has 4 N–H and O–H groups in total. The molecular weight excluding hydrogens is 1440 g/mol. The quantitative estimate of drug-likeness (QED) is 0.0289. The molecule has 24 nitrogen and oxygen atoms in total. The largest absolute Gasteiger partial charge is 0.506 e. The summed E-state index contributed by atoms with van der Waals surface area (Å²) >= 11 is 12.6. The molecule has 0 saturated carbocycles. The smallest absolute Gasteiger partial charge is 0.410 e. The third kappa shape index (κ3) is 22.6. The van der Waals surface area contributed by atoms with Gasteiger partial charge < -0.3 is 79.0 Å². The summed E-state index contributed by atoms with van der Waals surface area (Å²) in [5, 5.41) is 27.0. The molecule has 6 saturated heterocycles. The minimum atomic E-state index is -1.05. The number of likely N-dealkylation sites (tertiary alicyclic amines) is 6. The number of piperidine rings is 6. The number of fused-ring (bicyclic) bond motifs is 2. The molecule has 0 aliphatic carbocycles. The van der Waals surface area contributed by atoms with E-state index in [1.165, 1.54) is 6.42 Å². The molecule has 8 aliphatic rings. The molecule has 8 aliphatic heterocycles. The maximum Gasteiger partial charge on any atom is 0.410 e. The molecule has 0 aromatic heterocycles. The second-order valence-corrected chi connectivity index (χ2v) is 32.2. The van der Waals surface area contributed by atoms with E-state index in [0.29, 0.717) is 163 Å². The number of urea groups is 2. The van der Waals surface area contributed by atoms with Crippen LogP contribution in [0, 0.1) is 37.5 Å². The summed E-state index contributed by atoms with van der Waals surface area (Å²) in [6.45, 7) is 19.0. The van der Waals surface area contributed by atoms with Crippen LogP contribution in [0.5, 0.6) is 11.5 Å². The first-order chi connectivity index (χ1) is 53.2. The number of phenolic OH excluding ortho intramolecular Hbond substituents is 2. The minimum absolute atomic E-state index is 0.00583. The molecule has 110 heavy (non-hydrogen) atoms. The molecule has 4 aromatic rings. The van der Waals surface area contributed by atoms with E-state index in [4.69, 9.17) is 42.1 Å². The van der Waals surface area contributed by atoms with Crippen molar-refractivity contribution in [1.29, 1.82) is 0 Å². The number of ether oxygens (including phenoxy) is 4. The van der Waals surface area contributed by atoms with Gasteiger partial charge in [0.2, 0.25) is 0 Å². The van der Waals surface area contributed by atoms with Crippen LogP contribution in [-0.4, -0.2) is 240 Å². The van der Waals surface area contributed by atoms with Gasteiger partial charge in [0.05, 0.1) is 36.1 Å². The Morgan fingerprint density at radius 3 is 1.23 bits per heavy atom. The van der Waals surface area contributed by atoms with E-state index in [1.54, 1.807) is 47.9 Å². The van der Waals surface area contributed by atoms with Crippen molar-refractivity contribution in [3.05, 3.63) is 116 Å². The molecule has 26 heteroatoms. The van der Waals surface area contributed by atoms with Crippen LogP contribution in [0.3, 0.4) is 0 Å². The van der Waals surface area contributed by atoms with Crippen molar-refractivity contribution in [2.24, 2.45) is 23.7 Å². The standard InChI is InChI=1S/C44H62ClN5O7.C40H54ClN5O7/c1-3-4-5-8-27-56-40(51)18-21-47-19-11-33(12-20-47)34-13-22-48(23-14-34)42(53)39(30-32-28-31(2)41(52)37(45)29-32)57-44(55)49-24-16-36(17-25-49)50-26-15-35-9-6-7-10-38(35)46-43(50)54;1-3-52-36(47)15-18-43-16-8-29(9-17-43)30-10-19-44(20-11-30)38(49)35(26-28-24-27(2)37(48)33(41)25-28)53-40(51)45-21-13-32(14-22-45)46-23-12-31-6-4-5-7-34(31)42-39(46)50/h6-7,9-10,28-29,33-34,36,39,52H,3-5,8,11-27,30H2,1-2H3,(H,46,54);4-7,24-25,29-30,32,35,48H,3,8-23,26H2,1-2H3,(H,42,50)/t39-;35-/m11/s1. The molecule has 600 valence electrons. The Balaban J connectivity index is 0.000000219. The Labute approximate surface area is 659 Å². The number of amides is 8. The predicted octanol–water partition coefficient (Wildman–Crippen LogP) is 13.3. The zero-order valence-corrected chi connectivity index (χ0v) is 66.5. The van der Waals surface area contributed by atoms with Gasteiger partial charge in [0.15, 0.2) is 12.2 Å². The minimum Gasteiger partial charge on any atom is -0.506 e. The number of rotatable bonds is 24. The van der Waals surface area contributed by atoms with E-state index in [-0.39, 0.29) is 82.3 Å². The second kappa shape index (κ2) is 40.4. The number of aryl methyl sites for hydroxylation is 2. The monoisotopic (exact) mass is 1560 g/mol. The van der Waals surface area contributed by atoms with Crippen LogP contribution in [0.2, 0.25) is 10.0 Å². The summed E-state index contributed by atoms with van der Waals surface area (Å²) in [4.78, 5) is 121. The van der Waals surface area contributed by atoms with Gasteiger partial charge in [-0.1, -0.05) is 97.9 Å². The molecule has 0 bridgehead atoms. The van der Waals surface area contributed by atoms with Gasteiger partial charge >= 0.3 is 36.2 Å². The topological polar surface area (TPSA) is 264 Å². The number of carbonyl (C=O) groups excluding carboxylic acids is 8. The second-order valence-electron chi connectivity index (χ2n) is 31.4. The lowest BCUT2D eigenvalue weighted by Crippen LogP contribution is -2.52. The molecule has 0 unspecified atom stereocenters. The van der Waals surface area contributed by atoms with Crippen molar-refractivity contribution < 1.29 is 67.5 Å². The zero-order chi connectivity index (χ0) is 77.8. The van der Waals surface area contributed by atoms with E-state index in [2.05, 4.69) is 27.4 Å². The number of carbonyl (C=O) groups is 8. The normalized spacial score (nSPS) is 19.7. The molecule has 6 fully saturated rings. The van der Waals surface area contributed by atoms with Crippen LogP contribution in [0.4, 0.5) is 30.6 Å². The fraction of sp³-hybridized carbons (Fsp3) is 0.619. The predicted molar refractivity (Wildman–Crippen MR) is 422 cm³/mol. The molecule has 4 aromatic carbocycles. The molecule has 0 spiro atoms. The average molecular weight is 1560 g/mol. The number of para-hydroxylation sites is 2. The fourth-order valence-electron chi connectivity index (χ4n) is 17.6. The van der Waals surface area contributed by atoms with Gasteiger partial charge in [-0.2, -0.15) is 0 Å². The Morgan fingerprint density at radius 2 is 0.845 bits per heavy atom. The number of unbranched alkanes of at least 4 members (excludes halogenated alkanes) is 3. The zero-order valence-electron chi connectivity index (χ0n) is 65.0. The van der Waals surface area contributed by atoms with Gasteiger partial charge in [-0.25, -0.2) is 19.2 Å². The van der Waals surface area contributed by atoms with Crippen molar-refractivity contribution in [2.75, 3.05) is 129 Å². The van der Waals surface area contributed by atoms with Gasteiger partial charge in [0.25, 0.3) is 11.8 Å². The van der Waals surface area contributed by atoms with Gasteiger partial charge in [-0.05, 0) is 225 Å². The SMILES string of the molecule is CCCCCCOC(=O)CCN1CCC(C2CCN(C(=O)[C@@H](Cc3cc(C)c(O)c(Cl)c3)OC(=O)N3CCC(N4CCc5ccccc5NC4=O)CC3)CC2)CC1.CCOC(=O)CCN1CCC(C2CCN(C(=O)[C@@H](Cc3cc(C)c(O)c(Cl)c3)OC(=O)N3CCC(N4CCc5ccccc5NC4=O)CC3)CC2)CC1. The van der Waals surface area contributed by atoms with Gasteiger partial charge in [-0.15, -0.1) is 0 Å². The Kier molecular flexibility index (Phi) is 30.5. The lowest BCUT2D eigenvalue weighted by Gasteiger charge is -2.41. The number of aromatic hydroxyl groups is 2. The van der Waals surface area contributed by atoms with Crippen molar-refractivity contribution in [3.63, 3.8) is 0 Å². The Bertz CT molecular complexity index is 3740. The van der Waals surface area contributed by atoms with Gasteiger partial charge in [0, 0.05) is 115 Å². The van der Waals surface area contributed by atoms with Crippen LogP contribution in [0.1, 0.15) is 163 Å². The van der Waals surface area contributed by atoms with E-state index in [0.717, 1.165) is 145 Å². The van der Waals surface area contributed by atoms with Crippen molar-refractivity contribution in [1.82, 2.24) is 39.2 Å². The molecule has 0 radical (unpaired) electrons.